The lowest BCUT2D eigenvalue weighted by molar-refractivity contribution is -0.127. The summed E-state index contributed by atoms with van der Waals surface area (Å²) in [5.41, 5.74) is 10.1. The Balaban J connectivity index is 3.95. The fourth-order valence-corrected chi connectivity index (χ4v) is 0.675. The number of hydrogen-bond acceptors (Lipinski definition) is 4. The minimum atomic E-state index is -0.986. The summed E-state index contributed by atoms with van der Waals surface area (Å²) in [6, 6.07) is -1.59. The predicted molar refractivity (Wildman–Crippen MR) is 45.5 cm³/mol. The van der Waals surface area contributed by atoms with Crippen molar-refractivity contribution in [1.29, 1.82) is 0 Å². The lowest BCUT2D eigenvalue weighted by Crippen LogP contribution is -2.46. The van der Waals surface area contributed by atoms with Crippen molar-refractivity contribution < 1.29 is 14.4 Å². The number of hydrogen-bond donors (Lipinski definition) is 3. The Morgan fingerprint density at radius 2 is 2.08 bits per heavy atom. The second-order valence-corrected chi connectivity index (χ2v) is 2.71. The molecule has 0 aliphatic rings. The molecule has 5 N–H and O–H groups in total. The molecule has 0 saturated carbocycles. The summed E-state index contributed by atoms with van der Waals surface area (Å²) < 4.78 is 0. The normalized spacial score (nSPS) is 14.3. The van der Waals surface area contributed by atoms with Crippen molar-refractivity contribution in [3.8, 4) is 0 Å². The highest BCUT2D eigenvalue weighted by molar-refractivity contribution is 5.88. The van der Waals surface area contributed by atoms with Crippen LogP contribution in [-0.4, -0.2) is 30.2 Å². The van der Waals surface area contributed by atoms with E-state index in [-0.39, 0.29) is 6.42 Å². The number of primary amides is 1. The smallest absolute Gasteiger partial charge is 0.238 e. The minimum Gasteiger partial charge on any atom is -0.370 e. The van der Waals surface area contributed by atoms with Crippen LogP contribution in [0.5, 0.6) is 0 Å². The van der Waals surface area contributed by atoms with Gasteiger partial charge < -0.3 is 21.6 Å². The standard InChI is InChI=1S/C7H13N3O3/c1-4(3-11)10-7(13)5(8)2-6(9)12/h3-5H,2,8H2,1H3,(H2,9,12)(H,10,13)/t4-,5-/m0/s1. The third-order valence-electron chi connectivity index (χ3n) is 1.33. The van der Waals surface area contributed by atoms with Gasteiger partial charge in [0.2, 0.25) is 11.8 Å². The van der Waals surface area contributed by atoms with Crippen molar-refractivity contribution in [3.63, 3.8) is 0 Å². The fourth-order valence-electron chi connectivity index (χ4n) is 0.675. The second-order valence-electron chi connectivity index (χ2n) is 2.71. The molecule has 6 nitrogen and oxygen atoms in total. The van der Waals surface area contributed by atoms with Crippen molar-refractivity contribution in [2.24, 2.45) is 11.5 Å². The number of carbonyl (C=O) groups excluding carboxylic acids is 3. The Morgan fingerprint density at radius 3 is 2.46 bits per heavy atom. The van der Waals surface area contributed by atoms with Crippen LogP contribution in [0.15, 0.2) is 0 Å². The van der Waals surface area contributed by atoms with Crippen LogP contribution in [0.1, 0.15) is 13.3 Å². The highest BCUT2D eigenvalue weighted by atomic mass is 16.2. The zero-order valence-corrected chi connectivity index (χ0v) is 7.32. The number of nitrogens with two attached hydrogens (primary N) is 2. The van der Waals surface area contributed by atoms with E-state index in [4.69, 9.17) is 11.5 Å². The topological polar surface area (TPSA) is 115 Å². The molecule has 74 valence electrons. The van der Waals surface area contributed by atoms with Gasteiger partial charge in [-0.3, -0.25) is 9.59 Å². The molecule has 0 fully saturated rings. The van der Waals surface area contributed by atoms with Crippen molar-refractivity contribution in [3.05, 3.63) is 0 Å². The average Bonchev–Trinajstić information content (AvgIpc) is 2.02. The second kappa shape index (κ2) is 5.26. The Hall–Kier alpha value is -1.43. The SMILES string of the molecule is C[C@@H](C=O)NC(=O)[C@@H](N)CC(N)=O. The van der Waals surface area contributed by atoms with Crippen LogP contribution in [0, 0.1) is 0 Å². The van der Waals surface area contributed by atoms with Gasteiger partial charge in [0.15, 0.2) is 0 Å². The summed E-state index contributed by atoms with van der Waals surface area (Å²) in [6.07, 6.45) is 0.340. The van der Waals surface area contributed by atoms with Crippen molar-refractivity contribution in [2.45, 2.75) is 25.4 Å². The average molecular weight is 187 g/mol. The molecular weight excluding hydrogens is 174 g/mol. The molecule has 6 heteroatoms. The Morgan fingerprint density at radius 1 is 1.54 bits per heavy atom. The Bertz CT molecular complexity index is 217. The minimum absolute atomic E-state index is 0.225. The summed E-state index contributed by atoms with van der Waals surface area (Å²) >= 11 is 0. The lowest BCUT2D eigenvalue weighted by atomic mass is 10.2. The first kappa shape index (κ1) is 11.6. The molecule has 0 aromatic heterocycles. The van der Waals surface area contributed by atoms with Crippen LogP contribution in [0.25, 0.3) is 0 Å². The maximum Gasteiger partial charge on any atom is 0.238 e. The first-order valence-corrected chi connectivity index (χ1v) is 3.77. The molecule has 0 saturated heterocycles. The summed E-state index contributed by atoms with van der Waals surface area (Å²) in [5.74, 6) is -1.21. The van der Waals surface area contributed by atoms with E-state index in [1.807, 2.05) is 0 Å². The number of amides is 2. The first-order valence-electron chi connectivity index (χ1n) is 3.77. The zero-order valence-electron chi connectivity index (χ0n) is 7.32. The number of nitrogens with one attached hydrogen (secondary N) is 1. The molecule has 0 spiro atoms. The highest BCUT2D eigenvalue weighted by Gasteiger charge is 2.16. The van der Waals surface area contributed by atoms with Crippen LogP contribution >= 0.6 is 0 Å². The molecule has 0 aliphatic heterocycles. The van der Waals surface area contributed by atoms with Crippen LogP contribution in [-0.2, 0) is 14.4 Å². The van der Waals surface area contributed by atoms with Gasteiger partial charge in [0.1, 0.15) is 6.29 Å². The third-order valence-corrected chi connectivity index (χ3v) is 1.33. The van der Waals surface area contributed by atoms with Crippen LogP contribution in [0.3, 0.4) is 0 Å². The van der Waals surface area contributed by atoms with Crippen LogP contribution in [0.2, 0.25) is 0 Å². The fraction of sp³-hybridized carbons (Fsp3) is 0.571. The summed E-state index contributed by atoms with van der Waals surface area (Å²) in [6.45, 7) is 1.50. The summed E-state index contributed by atoms with van der Waals surface area (Å²) in [4.78, 5) is 31.5. The molecule has 2 atom stereocenters. The van der Waals surface area contributed by atoms with Gasteiger partial charge in [0.25, 0.3) is 0 Å². The zero-order chi connectivity index (χ0) is 10.4. The van der Waals surface area contributed by atoms with Gasteiger partial charge in [-0.2, -0.15) is 0 Å². The number of carbonyl (C=O) groups is 3. The quantitative estimate of drug-likeness (QED) is 0.427. The monoisotopic (exact) mass is 187 g/mol. The Kier molecular flexibility index (Phi) is 4.68. The maximum absolute atomic E-state index is 11.0. The molecular formula is C7H13N3O3. The highest BCUT2D eigenvalue weighted by Crippen LogP contribution is 1.87. The molecule has 0 aromatic rings. The third kappa shape index (κ3) is 4.91. The molecule has 0 radical (unpaired) electrons. The molecule has 0 bridgehead atoms. The molecule has 0 aromatic carbocycles. The van der Waals surface area contributed by atoms with Crippen molar-refractivity contribution in [2.75, 3.05) is 0 Å². The predicted octanol–water partition coefficient (Wildman–Crippen LogP) is -2.11. The molecule has 13 heavy (non-hydrogen) atoms. The van der Waals surface area contributed by atoms with Crippen LogP contribution in [0.4, 0.5) is 0 Å². The molecule has 2 amide bonds. The van der Waals surface area contributed by atoms with Gasteiger partial charge in [-0.15, -0.1) is 0 Å². The maximum atomic E-state index is 11.0. The van der Waals surface area contributed by atoms with E-state index >= 15 is 0 Å². The van der Waals surface area contributed by atoms with E-state index in [2.05, 4.69) is 5.32 Å². The summed E-state index contributed by atoms with van der Waals surface area (Å²) in [5, 5.41) is 2.29. The van der Waals surface area contributed by atoms with Crippen molar-refractivity contribution in [1.82, 2.24) is 5.32 Å². The Labute approximate surface area is 75.6 Å². The van der Waals surface area contributed by atoms with E-state index in [0.717, 1.165) is 0 Å². The van der Waals surface area contributed by atoms with E-state index in [1.165, 1.54) is 6.92 Å². The van der Waals surface area contributed by atoms with Gasteiger partial charge in [-0.05, 0) is 6.92 Å². The van der Waals surface area contributed by atoms with E-state index < -0.39 is 23.9 Å². The van der Waals surface area contributed by atoms with E-state index in [9.17, 15) is 14.4 Å². The molecule has 0 unspecified atom stereocenters. The number of rotatable bonds is 5. The van der Waals surface area contributed by atoms with Gasteiger partial charge in [-0.25, -0.2) is 0 Å². The summed E-state index contributed by atoms with van der Waals surface area (Å²) in [7, 11) is 0. The van der Waals surface area contributed by atoms with Gasteiger partial charge >= 0.3 is 0 Å². The van der Waals surface area contributed by atoms with E-state index in [0.29, 0.717) is 6.29 Å². The molecule has 0 aliphatic carbocycles. The molecule has 0 heterocycles. The van der Waals surface area contributed by atoms with Gasteiger partial charge in [-0.1, -0.05) is 0 Å². The van der Waals surface area contributed by atoms with Crippen molar-refractivity contribution >= 4 is 18.1 Å². The van der Waals surface area contributed by atoms with Gasteiger partial charge in [0, 0.05) is 0 Å². The van der Waals surface area contributed by atoms with Gasteiger partial charge in [0.05, 0.1) is 18.5 Å². The largest absolute Gasteiger partial charge is 0.370 e. The molecule has 0 rings (SSSR count). The lowest BCUT2D eigenvalue weighted by Gasteiger charge is -2.11. The van der Waals surface area contributed by atoms with Crippen LogP contribution < -0.4 is 16.8 Å². The number of aldehydes is 1. The first-order chi connectivity index (χ1) is 5.97. The van der Waals surface area contributed by atoms with E-state index in [1.54, 1.807) is 0 Å².